The molecule has 1 aliphatic carbocycles. The lowest BCUT2D eigenvalue weighted by Gasteiger charge is -2.21. The minimum absolute atomic E-state index is 0.644. The summed E-state index contributed by atoms with van der Waals surface area (Å²) in [5, 5.41) is 8.83. The maximum absolute atomic E-state index is 8.83. The van der Waals surface area contributed by atoms with E-state index in [4.69, 9.17) is 11.0 Å². The predicted octanol–water partition coefficient (Wildman–Crippen LogP) is 2.38. The van der Waals surface area contributed by atoms with Gasteiger partial charge in [0.2, 0.25) is 0 Å². The SMILES string of the molecule is N#Cc1ccc(N2CC3CCCC3C2)c(N)c1. The molecule has 3 nitrogen and oxygen atoms in total. The van der Waals surface area contributed by atoms with Crippen molar-refractivity contribution in [3.8, 4) is 6.07 Å². The van der Waals surface area contributed by atoms with E-state index >= 15 is 0 Å². The van der Waals surface area contributed by atoms with E-state index in [-0.39, 0.29) is 0 Å². The number of rotatable bonds is 1. The molecule has 88 valence electrons. The number of nitriles is 1. The van der Waals surface area contributed by atoms with Gasteiger partial charge in [0.1, 0.15) is 0 Å². The molecule has 2 aliphatic rings. The van der Waals surface area contributed by atoms with Gasteiger partial charge >= 0.3 is 0 Å². The van der Waals surface area contributed by atoms with E-state index in [0.29, 0.717) is 5.56 Å². The molecule has 0 bridgehead atoms. The fourth-order valence-corrected chi connectivity index (χ4v) is 3.34. The van der Waals surface area contributed by atoms with E-state index in [1.165, 1.54) is 19.3 Å². The molecule has 0 radical (unpaired) electrons. The lowest BCUT2D eigenvalue weighted by atomic mass is 10.0. The molecular weight excluding hydrogens is 210 g/mol. The highest BCUT2D eigenvalue weighted by Crippen LogP contribution is 2.40. The number of fused-ring (bicyclic) bond motifs is 1. The van der Waals surface area contributed by atoms with Crippen molar-refractivity contribution in [2.24, 2.45) is 11.8 Å². The van der Waals surface area contributed by atoms with E-state index in [0.717, 1.165) is 36.3 Å². The fourth-order valence-electron chi connectivity index (χ4n) is 3.34. The van der Waals surface area contributed by atoms with Gasteiger partial charge in [-0.3, -0.25) is 0 Å². The van der Waals surface area contributed by atoms with Crippen molar-refractivity contribution in [1.29, 1.82) is 5.26 Å². The third kappa shape index (κ3) is 1.74. The zero-order valence-electron chi connectivity index (χ0n) is 9.89. The summed E-state index contributed by atoms with van der Waals surface area (Å²) in [6.45, 7) is 2.28. The molecule has 1 heterocycles. The van der Waals surface area contributed by atoms with Gasteiger partial charge in [0.05, 0.1) is 23.0 Å². The molecule has 2 N–H and O–H groups in total. The number of benzene rings is 1. The molecule has 3 rings (SSSR count). The third-order valence-electron chi connectivity index (χ3n) is 4.22. The van der Waals surface area contributed by atoms with E-state index < -0.39 is 0 Å². The number of anilines is 2. The maximum atomic E-state index is 8.83. The van der Waals surface area contributed by atoms with Crippen LogP contribution in [0, 0.1) is 23.2 Å². The van der Waals surface area contributed by atoms with Gasteiger partial charge in [-0.05, 0) is 42.9 Å². The van der Waals surface area contributed by atoms with Gasteiger partial charge in [0.15, 0.2) is 0 Å². The first-order valence-electron chi connectivity index (χ1n) is 6.32. The lowest BCUT2D eigenvalue weighted by molar-refractivity contribution is 0.494. The summed E-state index contributed by atoms with van der Waals surface area (Å²) in [5.74, 6) is 1.73. The Balaban J connectivity index is 1.84. The Labute approximate surface area is 102 Å². The highest BCUT2D eigenvalue weighted by Gasteiger charge is 2.36. The summed E-state index contributed by atoms with van der Waals surface area (Å²) >= 11 is 0. The van der Waals surface area contributed by atoms with Gasteiger partial charge in [0.25, 0.3) is 0 Å². The summed E-state index contributed by atoms with van der Waals surface area (Å²) in [4.78, 5) is 2.39. The molecule has 0 spiro atoms. The molecule has 1 saturated carbocycles. The van der Waals surface area contributed by atoms with Gasteiger partial charge in [-0.2, -0.15) is 5.26 Å². The molecule has 0 amide bonds. The summed E-state index contributed by atoms with van der Waals surface area (Å²) in [6, 6.07) is 7.76. The van der Waals surface area contributed by atoms with Gasteiger partial charge in [0, 0.05) is 13.1 Å². The molecule has 3 heteroatoms. The second-order valence-electron chi connectivity index (χ2n) is 5.24. The van der Waals surface area contributed by atoms with Crippen LogP contribution in [0.15, 0.2) is 18.2 Å². The minimum Gasteiger partial charge on any atom is -0.397 e. The van der Waals surface area contributed by atoms with Crippen LogP contribution in [0.1, 0.15) is 24.8 Å². The fraction of sp³-hybridized carbons (Fsp3) is 0.500. The molecule has 2 fully saturated rings. The summed E-state index contributed by atoms with van der Waals surface area (Å²) in [5.41, 5.74) is 8.53. The summed E-state index contributed by atoms with van der Waals surface area (Å²) < 4.78 is 0. The first kappa shape index (κ1) is 10.5. The van der Waals surface area contributed by atoms with Gasteiger partial charge in [-0.25, -0.2) is 0 Å². The Bertz CT molecular complexity index is 463. The topological polar surface area (TPSA) is 53.0 Å². The monoisotopic (exact) mass is 227 g/mol. The number of nitrogen functional groups attached to an aromatic ring is 1. The Kier molecular flexibility index (Phi) is 2.44. The molecule has 2 unspecified atom stereocenters. The largest absolute Gasteiger partial charge is 0.397 e. The number of nitrogens with zero attached hydrogens (tertiary/aromatic N) is 2. The molecule has 2 atom stereocenters. The minimum atomic E-state index is 0.644. The first-order valence-corrected chi connectivity index (χ1v) is 6.32. The van der Waals surface area contributed by atoms with Crippen molar-refractivity contribution >= 4 is 11.4 Å². The van der Waals surface area contributed by atoms with Crippen molar-refractivity contribution in [2.45, 2.75) is 19.3 Å². The molecule has 1 saturated heterocycles. The zero-order chi connectivity index (χ0) is 11.8. The van der Waals surface area contributed by atoms with Crippen LogP contribution in [0.4, 0.5) is 11.4 Å². The molecule has 1 aliphatic heterocycles. The van der Waals surface area contributed by atoms with Crippen LogP contribution in [0.25, 0.3) is 0 Å². The Morgan fingerprint density at radius 2 is 1.94 bits per heavy atom. The van der Waals surface area contributed by atoms with Crippen LogP contribution in [-0.4, -0.2) is 13.1 Å². The molecule has 0 aromatic heterocycles. The van der Waals surface area contributed by atoms with Crippen molar-refractivity contribution in [3.63, 3.8) is 0 Å². The second kappa shape index (κ2) is 3.96. The predicted molar refractivity (Wildman–Crippen MR) is 68.6 cm³/mol. The molecular formula is C14H17N3. The first-order chi connectivity index (χ1) is 8.28. The van der Waals surface area contributed by atoms with Crippen LogP contribution in [0.2, 0.25) is 0 Å². The van der Waals surface area contributed by atoms with Crippen molar-refractivity contribution in [2.75, 3.05) is 23.7 Å². The Morgan fingerprint density at radius 1 is 1.24 bits per heavy atom. The van der Waals surface area contributed by atoms with Gasteiger partial charge in [-0.1, -0.05) is 6.42 Å². The Hall–Kier alpha value is -1.69. The smallest absolute Gasteiger partial charge is 0.0992 e. The average Bonchev–Trinajstić information content (AvgIpc) is 2.89. The average molecular weight is 227 g/mol. The third-order valence-corrected chi connectivity index (χ3v) is 4.22. The quantitative estimate of drug-likeness (QED) is 0.749. The van der Waals surface area contributed by atoms with Crippen LogP contribution >= 0.6 is 0 Å². The number of nitrogens with two attached hydrogens (primary N) is 1. The van der Waals surface area contributed by atoms with Crippen molar-refractivity contribution in [3.05, 3.63) is 23.8 Å². The van der Waals surface area contributed by atoms with Crippen LogP contribution in [-0.2, 0) is 0 Å². The van der Waals surface area contributed by atoms with E-state index in [9.17, 15) is 0 Å². The van der Waals surface area contributed by atoms with Crippen LogP contribution in [0.3, 0.4) is 0 Å². The van der Waals surface area contributed by atoms with E-state index in [1.807, 2.05) is 12.1 Å². The number of hydrogen-bond donors (Lipinski definition) is 1. The zero-order valence-corrected chi connectivity index (χ0v) is 9.89. The molecule has 17 heavy (non-hydrogen) atoms. The highest BCUT2D eigenvalue weighted by atomic mass is 15.2. The molecule has 1 aromatic carbocycles. The van der Waals surface area contributed by atoms with Gasteiger partial charge < -0.3 is 10.6 Å². The van der Waals surface area contributed by atoms with Crippen LogP contribution in [0.5, 0.6) is 0 Å². The van der Waals surface area contributed by atoms with Crippen molar-refractivity contribution in [1.82, 2.24) is 0 Å². The number of hydrogen-bond acceptors (Lipinski definition) is 3. The summed E-state index contributed by atoms with van der Waals surface area (Å²) in [7, 11) is 0. The van der Waals surface area contributed by atoms with E-state index in [1.54, 1.807) is 6.07 Å². The highest BCUT2D eigenvalue weighted by molar-refractivity contribution is 5.70. The maximum Gasteiger partial charge on any atom is 0.0992 e. The van der Waals surface area contributed by atoms with Crippen LogP contribution < -0.4 is 10.6 Å². The summed E-state index contributed by atoms with van der Waals surface area (Å²) in [6.07, 6.45) is 4.14. The molecule has 1 aromatic rings. The Morgan fingerprint density at radius 3 is 2.53 bits per heavy atom. The lowest BCUT2D eigenvalue weighted by Crippen LogP contribution is -2.21. The standard InChI is InChI=1S/C14H17N3/c15-7-10-4-5-14(13(16)6-10)17-8-11-2-1-3-12(11)9-17/h4-6,11-12H,1-3,8-9,16H2. The second-order valence-corrected chi connectivity index (χ2v) is 5.24. The normalized spacial score (nSPS) is 26.9. The van der Waals surface area contributed by atoms with Crippen molar-refractivity contribution < 1.29 is 0 Å². The van der Waals surface area contributed by atoms with E-state index in [2.05, 4.69) is 11.0 Å². The van der Waals surface area contributed by atoms with Gasteiger partial charge in [-0.15, -0.1) is 0 Å².